The molecule has 1 rings (SSSR count). The van der Waals surface area contributed by atoms with Gasteiger partial charge >= 0.3 is 0 Å². The van der Waals surface area contributed by atoms with Crippen molar-refractivity contribution in [3.8, 4) is 0 Å². The Kier molecular flexibility index (Phi) is 3.34. The van der Waals surface area contributed by atoms with Crippen molar-refractivity contribution in [3.63, 3.8) is 0 Å². The summed E-state index contributed by atoms with van der Waals surface area (Å²) in [6.07, 6.45) is 0. The van der Waals surface area contributed by atoms with Crippen molar-refractivity contribution < 1.29 is 0 Å². The minimum Gasteiger partial charge on any atom is -0.315 e. The lowest BCUT2D eigenvalue weighted by Gasteiger charge is -2.22. The molecule has 2 nitrogen and oxygen atoms in total. The Bertz CT molecular complexity index is 112. The van der Waals surface area contributed by atoms with Gasteiger partial charge in [0, 0.05) is 19.6 Å². The molecule has 0 aromatic heterocycles. The van der Waals surface area contributed by atoms with E-state index in [1.807, 2.05) is 0 Å². The molecule has 1 unspecified atom stereocenters. The topological polar surface area (TPSA) is 15.3 Å². The van der Waals surface area contributed by atoms with Crippen molar-refractivity contribution in [2.24, 2.45) is 11.8 Å². The van der Waals surface area contributed by atoms with Gasteiger partial charge in [0.2, 0.25) is 0 Å². The monoisotopic (exact) mass is 156 g/mol. The molecule has 1 N–H and O–H groups in total. The van der Waals surface area contributed by atoms with E-state index in [4.69, 9.17) is 0 Å². The molecule has 0 aromatic carbocycles. The fraction of sp³-hybridized carbons (Fsp3) is 1.00. The normalized spacial score (nSPS) is 28.9. The Labute approximate surface area is 70.0 Å². The zero-order valence-corrected chi connectivity index (χ0v) is 7.93. The van der Waals surface area contributed by atoms with Gasteiger partial charge in [-0.1, -0.05) is 13.8 Å². The third-order valence-corrected chi connectivity index (χ3v) is 2.57. The second-order valence-corrected chi connectivity index (χ2v) is 3.97. The van der Waals surface area contributed by atoms with Gasteiger partial charge in [0.1, 0.15) is 0 Å². The highest BCUT2D eigenvalue weighted by Crippen LogP contribution is 2.12. The predicted molar refractivity (Wildman–Crippen MR) is 48.7 cm³/mol. The quantitative estimate of drug-likeness (QED) is 0.604. The summed E-state index contributed by atoms with van der Waals surface area (Å²) in [6.45, 7) is 9.42. The molecule has 2 heteroatoms. The summed E-state index contributed by atoms with van der Waals surface area (Å²) in [7, 11) is 2.21. The average Bonchev–Trinajstić information content (AvgIpc) is 2.13. The van der Waals surface area contributed by atoms with Crippen molar-refractivity contribution in [2.45, 2.75) is 13.8 Å². The molecule has 1 aliphatic heterocycles. The van der Waals surface area contributed by atoms with Crippen molar-refractivity contribution in [1.82, 2.24) is 10.2 Å². The highest BCUT2D eigenvalue weighted by atomic mass is 15.1. The molecular formula is C9H20N2. The van der Waals surface area contributed by atoms with E-state index in [0.717, 1.165) is 18.4 Å². The van der Waals surface area contributed by atoms with Crippen LogP contribution in [-0.4, -0.2) is 38.1 Å². The second kappa shape index (κ2) is 4.07. The first-order valence-corrected chi connectivity index (χ1v) is 4.59. The Morgan fingerprint density at radius 1 is 1.45 bits per heavy atom. The Balaban J connectivity index is 2.39. The van der Waals surface area contributed by atoms with Gasteiger partial charge in [0.05, 0.1) is 0 Å². The van der Waals surface area contributed by atoms with Gasteiger partial charge in [0.25, 0.3) is 0 Å². The van der Waals surface area contributed by atoms with E-state index in [1.54, 1.807) is 0 Å². The van der Waals surface area contributed by atoms with Crippen molar-refractivity contribution in [3.05, 3.63) is 0 Å². The van der Waals surface area contributed by atoms with Gasteiger partial charge in [-0.3, -0.25) is 0 Å². The Morgan fingerprint density at radius 2 is 2.18 bits per heavy atom. The van der Waals surface area contributed by atoms with Crippen LogP contribution in [0.4, 0.5) is 0 Å². The lowest BCUT2D eigenvalue weighted by atomic mass is 9.96. The molecule has 1 fully saturated rings. The van der Waals surface area contributed by atoms with E-state index in [0.29, 0.717) is 0 Å². The van der Waals surface area contributed by atoms with Crippen molar-refractivity contribution >= 4 is 0 Å². The third kappa shape index (κ3) is 2.80. The molecule has 1 heterocycles. The van der Waals surface area contributed by atoms with Crippen molar-refractivity contribution in [2.75, 3.05) is 33.2 Å². The van der Waals surface area contributed by atoms with Gasteiger partial charge in [-0.15, -0.1) is 0 Å². The molecule has 11 heavy (non-hydrogen) atoms. The Hall–Kier alpha value is -0.0800. The lowest BCUT2D eigenvalue weighted by Crippen LogP contribution is -2.29. The van der Waals surface area contributed by atoms with Crippen LogP contribution in [0.1, 0.15) is 13.8 Å². The highest BCUT2D eigenvalue weighted by Gasteiger charge is 2.17. The SMILES string of the molecule is CC(C)C1CNCCN(C)C1. The summed E-state index contributed by atoms with van der Waals surface area (Å²) >= 11 is 0. The molecular weight excluding hydrogens is 136 g/mol. The van der Waals surface area contributed by atoms with Crippen LogP contribution in [-0.2, 0) is 0 Å². The first-order chi connectivity index (χ1) is 5.20. The largest absolute Gasteiger partial charge is 0.315 e. The summed E-state index contributed by atoms with van der Waals surface area (Å²) in [5.74, 6) is 1.64. The maximum Gasteiger partial charge on any atom is 0.0104 e. The average molecular weight is 156 g/mol. The minimum atomic E-state index is 0.808. The number of hydrogen-bond acceptors (Lipinski definition) is 2. The summed E-state index contributed by atoms with van der Waals surface area (Å²) in [5.41, 5.74) is 0. The molecule has 0 spiro atoms. The number of nitrogens with one attached hydrogen (secondary N) is 1. The number of nitrogens with zero attached hydrogens (tertiary/aromatic N) is 1. The molecule has 66 valence electrons. The van der Waals surface area contributed by atoms with Gasteiger partial charge in [0.15, 0.2) is 0 Å². The molecule has 1 atom stereocenters. The van der Waals surface area contributed by atoms with E-state index in [9.17, 15) is 0 Å². The molecule has 0 bridgehead atoms. The summed E-state index contributed by atoms with van der Waals surface area (Å²) in [6, 6.07) is 0. The van der Waals surface area contributed by atoms with E-state index < -0.39 is 0 Å². The van der Waals surface area contributed by atoms with E-state index >= 15 is 0 Å². The van der Waals surface area contributed by atoms with Crippen LogP contribution in [0.15, 0.2) is 0 Å². The Morgan fingerprint density at radius 3 is 2.82 bits per heavy atom. The molecule has 0 radical (unpaired) electrons. The van der Waals surface area contributed by atoms with E-state index in [2.05, 4.69) is 31.1 Å². The van der Waals surface area contributed by atoms with Crippen LogP contribution >= 0.6 is 0 Å². The third-order valence-electron chi connectivity index (χ3n) is 2.57. The molecule has 0 aliphatic carbocycles. The van der Waals surface area contributed by atoms with Gasteiger partial charge in [-0.05, 0) is 25.4 Å². The van der Waals surface area contributed by atoms with Crippen LogP contribution in [0.2, 0.25) is 0 Å². The van der Waals surface area contributed by atoms with Crippen LogP contribution in [0, 0.1) is 11.8 Å². The molecule has 1 aliphatic rings. The van der Waals surface area contributed by atoms with E-state index in [-0.39, 0.29) is 0 Å². The fourth-order valence-corrected chi connectivity index (χ4v) is 1.56. The molecule has 0 aromatic rings. The van der Waals surface area contributed by atoms with E-state index in [1.165, 1.54) is 19.6 Å². The zero-order valence-electron chi connectivity index (χ0n) is 7.93. The first-order valence-electron chi connectivity index (χ1n) is 4.59. The molecule has 1 saturated heterocycles. The maximum atomic E-state index is 3.47. The summed E-state index contributed by atoms with van der Waals surface area (Å²) in [4.78, 5) is 2.42. The minimum absolute atomic E-state index is 0.808. The van der Waals surface area contributed by atoms with Crippen LogP contribution < -0.4 is 5.32 Å². The standard InChI is InChI=1S/C9H20N2/c1-8(2)9-6-10-4-5-11(3)7-9/h8-10H,4-7H2,1-3H3. The van der Waals surface area contributed by atoms with Gasteiger partial charge in [-0.25, -0.2) is 0 Å². The first kappa shape index (κ1) is 9.01. The maximum absolute atomic E-state index is 3.47. The molecule has 0 saturated carbocycles. The number of likely N-dealkylation sites (N-methyl/N-ethyl adjacent to an activating group) is 1. The van der Waals surface area contributed by atoms with Crippen LogP contribution in [0.25, 0.3) is 0 Å². The van der Waals surface area contributed by atoms with Crippen LogP contribution in [0.3, 0.4) is 0 Å². The lowest BCUT2D eigenvalue weighted by molar-refractivity contribution is 0.267. The molecule has 0 amide bonds. The van der Waals surface area contributed by atoms with Gasteiger partial charge in [-0.2, -0.15) is 0 Å². The highest BCUT2D eigenvalue weighted by molar-refractivity contribution is 4.73. The second-order valence-electron chi connectivity index (χ2n) is 3.97. The number of rotatable bonds is 1. The smallest absolute Gasteiger partial charge is 0.0104 e. The van der Waals surface area contributed by atoms with Crippen LogP contribution in [0.5, 0.6) is 0 Å². The van der Waals surface area contributed by atoms with Crippen molar-refractivity contribution in [1.29, 1.82) is 0 Å². The summed E-state index contributed by atoms with van der Waals surface area (Å²) < 4.78 is 0. The fourth-order valence-electron chi connectivity index (χ4n) is 1.56. The number of hydrogen-bond donors (Lipinski definition) is 1. The zero-order chi connectivity index (χ0) is 8.27. The van der Waals surface area contributed by atoms with Gasteiger partial charge < -0.3 is 10.2 Å². The summed E-state index contributed by atoms with van der Waals surface area (Å²) in [5, 5.41) is 3.47. The predicted octanol–water partition coefficient (Wildman–Crippen LogP) is 0.794.